The Bertz CT molecular complexity index is 514. The molecule has 4 heteroatoms. The van der Waals surface area contributed by atoms with Crippen molar-refractivity contribution in [1.82, 2.24) is 0 Å². The Kier molecular flexibility index (Phi) is 19.1. The predicted molar refractivity (Wildman–Crippen MR) is 137 cm³/mol. The highest BCUT2D eigenvalue weighted by atomic mass is 16.5. The van der Waals surface area contributed by atoms with Gasteiger partial charge in [0.2, 0.25) is 0 Å². The van der Waals surface area contributed by atoms with Crippen molar-refractivity contribution < 1.29 is 19.1 Å². The van der Waals surface area contributed by atoms with Crippen LogP contribution in [0, 0.1) is 11.8 Å². The molecule has 1 rings (SSSR count). The normalized spacial score (nSPS) is 17.8. The maximum Gasteiger partial charge on any atom is 0.310 e. The van der Waals surface area contributed by atoms with Crippen LogP contribution in [0.1, 0.15) is 136 Å². The zero-order chi connectivity index (χ0) is 24.0. The first-order valence-corrected chi connectivity index (χ1v) is 14.2. The summed E-state index contributed by atoms with van der Waals surface area (Å²) in [5.41, 5.74) is 0. The number of rotatable bonds is 21. The van der Waals surface area contributed by atoms with E-state index in [0.29, 0.717) is 26.1 Å². The van der Waals surface area contributed by atoms with Gasteiger partial charge in [0.05, 0.1) is 25.0 Å². The summed E-state index contributed by atoms with van der Waals surface area (Å²) in [5.74, 6) is -1.24. The number of esters is 2. The second kappa shape index (κ2) is 21.2. The summed E-state index contributed by atoms with van der Waals surface area (Å²) in [7, 11) is 0. The van der Waals surface area contributed by atoms with Gasteiger partial charge in [-0.15, -0.1) is 0 Å². The Morgan fingerprint density at radius 1 is 0.545 bits per heavy atom. The van der Waals surface area contributed by atoms with Gasteiger partial charge in [0.25, 0.3) is 0 Å². The van der Waals surface area contributed by atoms with Gasteiger partial charge < -0.3 is 9.47 Å². The third-order valence-corrected chi connectivity index (χ3v) is 6.77. The highest BCUT2D eigenvalue weighted by molar-refractivity contribution is 5.82. The van der Waals surface area contributed by atoms with E-state index in [9.17, 15) is 9.59 Å². The van der Waals surface area contributed by atoms with Crippen LogP contribution in [0.4, 0.5) is 0 Å². The smallest absolute Gasteiger partial charge is 0.310 e. The van der Waals surface area contributed by atoms with Gasteiger partial charge in [0, 0.05) is 0 Å². The molecule has 0 heterocycles. The Hall–Kier alpha value is -1.32. The standard InChI is InChI=1S/C29H52O4/c1-3-5-7-9-11-13-15-17-21-25-33-29(31)27-23-19-18-22-26(27)28(30)32-24-20-16-14-12-10-8-6-4-2/h18-19,26-27H,3-17,20-25H2,1-2H3. The lowest BCUT2D eigenvalue weighted by Gasteiger charge is -2.25. The fourth-order valence-corrected chi connectivity index (χ4v) is 4.54. The van der Waals surface area contributed by atoms with Gasteiger partial charge in [-0.05, 0) is 25.7 Å². The number of carbonyl (C=O) groups excluding carboxylic acids is 2. The van der Waals surface area contributed by atoms with Crippen molar-refractivity contribution in [2.75, 3.05) is 13.2 Å². The Labute approximate surface area is 204 Å². The van der Waals surface area contributed by atoms with E-state index in [2.05, 4.69) is 13.8 Å². The van der Waals surface area contributed by atoms with E-state index in [1.54, 1.807) is 0 Å². The van der Waals surface area contributed by atoms with Crippen LogP contribution in [0.25, 0.3) is 0 Å². The summed E-state index contributed by atoms with van der Waals surface area (Å²) in [5, 5.41) is 0. The summed E-state index contributed by atoms with van der Waals surface area (Å²) >= 11 is 0. The molecule has 0 saturated heterocycles. The van der Waals surface area contributed by atoms with Gasteiger partial charge in [0.15, 0.2) is 0 Å². The highest BCUT2D eigenvalue weighted by Crippen LogP contribution is 2.28. The van der Waals surface area contributed by atoms with E-state index in [-0.39, 0.29) is 23.8 Å². The van der Waals surface area contributed by atoms with E-state index < -0.39 is 0 Å². The zero-order valence-corrected chi connectivity index (χ0v) is 21.8. The molecule has 0 fully saturated rings. The molecule has 2 unspecified atom stereocenters. The van der Waals surface area contributed by atoms with E-state index in [1.165, 1.54) is 83.5 Å². The molecule has 0 saturated carbocycles. The first-order chi connectivity index (χ1) is 16.2. The number of ether oxygens (including phenoxy) is 2. The monoisotopic (exact) mass is 464 g/mol. The first kappa shape index (κ1) is 29.7. The quantitative estimate of drug-likeness (QED) is 0.0973. The van der Waals surface area contributed by atoms with Gasteiger partial charge >= 0.3 is 11.9 Å². The number of carbonyl (C=O) groups is 2. The van der Waals surface area contributed by atoms with Crippen molar-refractivity contribution in [3.8, 4) is 0 Å². The van der Waals surface area contributed by atoms with Crippen LogP contribution in [0.2, 0.25) is 0 Å². The molecule has 0 spiro atoms. The average Bonchev–Trinajstić information content (AvgIpc) is 2.84. The van der Waals surface area contributed by atoms with Crippen molar-refractivity contribution in [1.29, 1.82) is 0 Å². The molecule has 0 aromatic carbocycles. The molecule has 0 bridgehead atoms. The minimum Gasteiger partial charge on any atom is -0.465 e. The molecule has 0 aromatic rings. The highest BCUT2D eigenvalue weighted by Gasteiger charge is 2.36. The van der Waals surface area contributed by atoms with Crippen molar-refractivity contribution in [2.45, 2.75) is 136 Å². The predicted octanol–water partition coefficient (Wildman–Crippen LogP) is 8.33. The Morgan fingerprint density at radius 3 is 1.18 bits per heavy atom. The van der Waals surface area contributed by atoms with Gasteiger partial charge in [-0.3, -0.25) is 9.59 Å². The van der Waals surface area contributed by atoms with E-state index in [4.69, 9.17) is 9.47 Å². The molecular weight excluding hydrogens is 412 g/mol. The third kappa shape index (κ3) is 15.2. The fraction of sp³-hybridized carbons (Fsp3) is 0.862. The van der Waals surface area contributed by atoms with Gasteiger partial charge in [0.1, 0.15) is 0 Å². The van der Waals surface area contributed by atoms with Crippen LogP contribution in [0.5, 0.6) is 0 Å². The van der Waals surface area contributed by atoms with Crippen molar-refractivity contribution >= 4 is 11.9 Å². The van der Waals surface area contributed by atoms with E-state index in [0.717, 1.165) is 25.7 Å². The number of hydrogen-bond acceptors (Lipinski definition) is 4. The maximum absolute atomic E-state index is 12.6. The zero-order valence-electron chi connectivity index (χ0n) is 21.8. The molecular formula is C29H52O4. The minimum atomic E-state index is -0.389. The number of hydrogen-bond donors (Lipinski definition) is 0. The van der Waals surface area contributed by atoms with Crippen molar-refractivity contribution in [3.63, 3.8) is 0 Å². The second-order valence-electron chi connectivity index (χ2n) is 9.79. The number of unbranched alkanes of at least 4 members (excludes halogenated alkanes) is 15. The Morgan fingerprint density at radius 2 is 0.848 bits per heavy atom. The lowest BCUT2D eigenvalue weighted by Crippen LogP contribution is -2.34. The molecule has 33 heavy (non-hydrogen) atoms. The van der Waals surface area contributed by atoms with Crippen LogP contribution in [0.15, 0.2) is 12.2 Å². The van der Waals surface area contributed by atoms with E-state index in [1.807, 2.05) is 12.2 Å². The molecule has 1 aliphatic carbocycles. The van der Waals surface area contributed by atoms with Crippen molar-refractivity contribution in [2.24, 2.45) is 11.8 Å². The molecule has 0 radical (unpaired) electrons. The third-order valence-electron chi connectivity index (χ3n) is 6.77. The second-order valence-corrected chi connectivity index (χ2v) is 9.79. The molecule has 1 aliphatic rings. The van der Waals surface area contributed by atoms with Gasteiger partial charge in [-0.25, -0.2) is 0 Å². The summed E-state index contributed by atoms with van der Waals surface area (Å²) in [4.78, 5) is 25.2. The lowest BCUT2D eigenvalue weighted by molar-refractivity contribution is -0.161. The minimum absolute atomic E-state index is 0.229. The summed E-state index contributed by atoms with van der Waals surface area (Å²) in [6, 6.07) is 0. The van der Waals surface area contributed by atoms with Crippen LogP contribution in [0.3, 0.4) is 0 Å². The van der Waals surface area contributed by atoms with Gasteiger partial charge in [-0.1, -0.05) is 122 Å². The van der Waals surface area contributed by atoms with Crippen molar-refractivity contribution in [3.05, 3.63) is 12.2 Å². The molecule has 0 N–H and O–H groups in total. The molecule has 2 atom stereocenters. The van der Waals surface area contributed by atoms with Crippen LogP contribution < -0.4 is 0 Å². The SMILES string of the molecule is CCCCCCCCCCCOC(=O)C1CC=CCC1C(=O)OCCCCCCCCCC. The fourth-order valence-electron chi connectivity index (χ4n) is 4.54. The van der Waals surface area contributed by atoms with Gasteiger partial charge in [-0.2, -0.15) is 0 Å². The first-order valence-electron chi connectivity index (χ1n) is 14.2. The van der Waals surface area contributed by atoms with Crippen LogP contribution in [-0.2, 0) is 19.1 Å². The summed E-state index contributed by atoms with van der Waals surface area (Å²) in [6.45, 7) is 5.41. The molecule has 0 aromatic heterocycles. The van der Waals surface area contributed by atoms with Crippen LogP contribution in [-0.4, -0.2) is 25.2 Å². The van der Waals surface area contributed by atoms with E-state index >= 15 is 0 Å². The summed E-state index contributed by atoms with van der Waals surface area (Å²) in [6.07, 6.45) is 26.0. The molecule has 0 aliphatic heterocycles. The lowest BCUT2D eigenvalue weighted by atomic mass is 9.83. The largest absolute Gasteiger partial charge is 0.465 e. The molecule has 0 amide bonds. The van der Waals surface area contributed by atoms with Crippen LogP contribution >= 0.6 is 0 Å². The maximum atomic E-state index is 12.6. The molecule has 192 valence electrons. The number of allylic oxidation sites excluding steroid dienone is 2. The summed E-state index contributed by atoms with van der Waals surface area (Å²) < 4.78 is 11.1. The molecule has 4 nitrogen and oxygen atoms in total. The Balaban J connectivity index is 2.14. The topological polar surface area (TPSA) is 52.6 Å². The average molecular weight is 465 g/mol.